The highest BCUT2D eigenvalue weighted by molar-refractivity contribution is 9.10. The topological polar surface area (TPSA) is 46.6 Å². The number of nitrogens with zero attached hydrogens (tertiary/aromatic N) is 1. The van der Waals surface area contributed by atoms with Crippen LogP contribution >= 0.6 is 50.9 Å². The first-order chi connectivity index (χ1) is 16.4. The predicted molar refractivity (Wildman–Crippen MR) is 142 cm³/mol. The maximum absolute atomic E-state index is 12.9. The van der Waals surface area contributed by atoms with Gasteiger partial charge >= 0.3 is 0 Å². The number of thioether (sulfide) groups is 1. The minimum absolute atomic E-state index is 0.236. The number of amides is 2. The molecule has 3 aromatic rings. The quantitative estimate of drug-likeness (QED) is 0.255. The molecule has 0 unspecified atom stereocenters. The van der Waals surface area contributed by atoms with Crippen molar-refractivity contribution in [1.29, 1.82) is 0 Å². The van der Waals surface area contributed by atoms with Crippen LogP contribution in [0.4, 0.5) is 4.79 Å². The Hall–Kier alpha value is -2.25. The van der Waals surface area contributed by atoms with Crippen LogP contribution in [0.1, 0.15) is 23.1 Å². The first-order valence-electron chi connectivity index (χ1n) is 10.6. The largest absolute Gasteiger partial charge is 0.488 e. The van der Waals surface area contributed by atoms with E-state index in [1.807, 2.05) is 54.6 Å². The smallest absolute Gasteiger partial charge is 0.293 e. The highest BCUT2D eigenvalue weighted by Crippen LogP contribution is 2.35. The van der Waals surface area contributed by atoms with E-state index in [4.69, 9.17) is 27.9 Å². The van der Waals surface area contributed by atoms with Crippen molar-refractivity contribution in [2.45, 2.75) is 19.4 Å². The normalized spacial score (nSPS) is 14.8. The molecule has 0 atom stereocenters. The van der Waals surface area contributed by atoms with Gasteiger partial charge in [0.15, 0.2) is 0 Å². The molecule has 8 heteroatoms. The van der Waals surface area contributed by atoms with E-state index in [1.54, 1.807) is 18.2 Å². The Morgan fingerprint density at radius 2 is 1.79 bits per heavy atom. The van der Waals surface area contributed by atoms with Gasteiger partial charge < -0.3 is 4.74 Å². The second-order valence-electron chi connectivity index (χ2n) is 7.63. The van der Waals surface area contributed by atoms with Crippen LogP contribution in [0.3, 0.4) is 0 Å². The molecular formula is C26H20BrCl2NO3S. The number of carbonyl (C=O) groups excluding carboxylic acids is 2. The number of rotatable bonds is 8. The number of aryl methyl sites for hydroxylation is 1. The summed E-state index contributed by atoms with van der Waals surface area (Å²) in [6.07, 6.45) is 3.21. The van der Waals surface area contributed by atoms with Crippen molar-refractivity contribution >= 4 is 68.1 Å². The number of hydrogen-bond donors (Lipinski definition) is 0. The fourth-order valence-electron chi connectivity index (χ4n) is 3.48. The van der Waals surface area contributed by atoms with Gasteiger partial charge in [0, 0.05) is 32.2 Å². The molecule has 2 amide bonds. The van der Waals surface area contributed by atoms with Crippen molar-refractivity contribution in [2.75, 3.05) is 6.54 Å². The molecule has 0 bridgehead atoms. The highest BCUT2D eigenvalue weighted by atomic mass is 79.9. The summed E-state index contributed by atoms with van der Waals surface area (Å²) in [6, 6.07) is 20.8. The van der Waals surface area contributed by atoms with E-state index in [0.717, 1.165) is 28.2 Å². The lowest BCUT2D eigenvalue weighted by Gasteiger charge is -2.13. The molecule has 0 radical (unpaired) electrons. The summed E-state index contributed by atoms with van der Waals surface area (Å²) in [4.78, 5) is 27.1. The molecule has 1 saturated heterocycles. The maximum atomic E-state index is 12.9. The number of carbonyl (C=O) groups is 2. The monoisotopic (exact) mass is 575 g/mol. The van der Waals surface area contributed by atoms with E-state index in [9.17, 15) is 9.59 Å². The van der Waals surface area contributed by atoms with Gasteiger partial charge in [0.05, 0.1) is 4.91 Å². The van der Waals surface area contributed by atoms with Gasteiger partial charge in [-0.3, -0.25) is 14.5 Å². The molecule has 0 aromatic heterocycles. The SMILES string of the molecule is O=C1S/C(=C/c2cc(Br)ccc2OCc2ccc(Cl)cc2Cl)C(=O)N1CCCc1ccccc1. The molecule has 174 valence electrons. The van der Waals surface area contributed by atoms with Crippen molar-refractivity contribution in [3.63, 3.8) is 0 Å². The van der Waals surface area contributed by atoms with Crippen molar-refractivity contribution < 1.29 is 14.3 Å². The van der Waals surface area contributed by atoms with Crippen molar-refractivity contribution in [3.8, 4) is 5.75 Å². The standard InChI is InChI=1S/C26H20BrCl2NO3S/c27-20-9-11-23(33-16-18-8-10-21(28)15-22(18)29)19(13-20)14-24-25(31)30(26(32)34-24)12-4-7-17-5-2-1-3-6-17/h1-3,5-6,8-11,13-15H,4,7,12,16H2/b24-14+. The lowest BCUT2D eigenvalue weighted by molar-refractivity contribution is -0.122. The van der Waals surface area contributed by atoms with Gasteiger partial charge in [-0.15, -0.1) is 0 Å². The van der Waals surface area contributed by atoms with E-state index in [-0.39, 0.29) is 17.8 Å². The van der Waals surface area contributed by atoms with Crippen molar-refractivity contribution in [3.05, 3.63) is 103 Å². The van der Waals surface area contributed by atoms with Gasteiger partial charge in [-0.2, -0.15) is 0 Å². The third kappa shape index (κ3) is 6.25. The minimum atomic E-state index is -0.283. The summed E-state index contributed by atoms with van der Waals surface area (Å²) in [6.45, 7) is 0.618. The Balaban J connectivity index is 1.46. The summed E-state index contributed by atoms with van der Waals surface area (Å²) in [5, 5.41) is 0.815. The number of benzene rings is 3. The molecule has 34 heavy (non-hydrogen) atoms. The second-order valence-corrected chi connectivity index (χ2v) is 10.4. The van der Waals surface area contributed by atoms with Crippen molar-refractivity contribution in [1.82, 2.24) is 4.90 Å². The van der Waals surface area contributed by atoms with Crippen LogP contribution < -0.4 is 4.74 Å². The zero-order valence-electron chi connectivity index (χ0n) is 18.0. The van der Waals surface area contributed by atoms with E-state index in [2.05, 4.69) is 15.9 Å². The van der Waals surface area contributed by atoms with Crippen LogP contribution in [-0.2, 0) is 17.8 Å². The minimum Gasteiger partial charge on any atom is -0.488 e. The molecule has 1 heterocycles. The Morgan fingerprint density at radius 1 is 1.00 bits per heavy atom. The van der Waals surface area contributed by atoms with E-state index in [0.29, 0.717) is 39.2 Å². The lowest BCUT2D eigenvalue weighted by atomic mass is 10.1. The Kier molecular flexibility index (Phi) is 8.37. The van der Waals surface area contributed by atoms with Crippen LogP contribution in [0.25, 0.3) is 6.08 Å². The van der Waals surface area contributed by atoms with Gasteiger partial charge in [0.1, 0.15) is 12.4 Å². The highest BCUT2D eigenvalue weighted by Gasteiger charge is 2.34. The molecular weight excluding hydrogens is 557 g/mol. The van der Waals surface area contributed by atoms with E-state index >= 15 is 0 Å². The van der Waals surface area contributed by atoms with Gasteiger partial charge in [0.25, 0.3) is 11.1 Å². The first kappa shape index (κ1) is 24.9. The molecule has 0 aliphatic carbocycles. The number of halogens is 3. The molecule has 0 N–H and O–H groups in total. The number of hydrogen-bond acceptors (Lipinski definition) is 4. The molecule has 0 saturated carbocycles. The molecule has 3 aromatic carbocycles. The van der Waals surface area contributed by atoms with Gasteiger partial charge in [-0.25, -0.2) is 0 Å². The molecule has 0 spiro atoms. The molecule has 1 fully saturated rings. The van der Waals surface area contributed by atoms with Crippen LogP contribution in [0.5, 0.6) is 5.75 Å². The fraction of sp³-hybridized carbons (Fsp3) is 0.154. The van der Waals surface area contributed by atoms with Crippen LogP contribution in [0, 0.1) is 0 Å². The molecule has 4 rings (SSSR count). The van der Waals surface area contributed by atoms with Gasteiger partial charge in [0.2, 0.25) is 0 Å². The lowest BCUT2D eigenvalue weighted by Crippen LogP contribution is -2.29. The summed E-state index contributed by atoms with van der Waals surface area (Å²) in [5.41, 5.74) is 2.66. The third-order valence-electron chi connectivity index (χ3n) is 5.22. The summed E-state index contributed by atoms with van der Waals surface area (Å²) in [5.74, 6) is 0.292. The molecule has 4 nitrogen and oxygen atoms in total. The zero-order chi connectivity index (χ0) is 24.1. The van der Waals surface area contributed by atoms with Crippen LogP contribution in [0.2, 0.25) is 10.0 Å². The molecule has 1 aliphatic rings. The van der Waals surface area contributed by atoms with Crippen LogP contribution in [0.15, 0.2) is 76.1 Å². The Labute approximate surface area is 221 Å². The maximum Gasteiger partial charge on any atom is 0.293 e. The van der Waals surface area contributed by atoms with Gasteiger partial charge in [-0.05, 0) is 66.6 Å². The second kappa shape index (κ2) is 11.5. The average Bonchev–Trinajstić information content (AvgIpc) is 3.07. The van der Waals surface area contributed by atoms with E-state index < -0.39 is 0 Å². The predicted octanol–water partition coefficient (Wildman–Crippen LogP) is 8.00. The number of ether oxygens (including phenoxy) is 1. The zero-order valence-corrected chi connectivity index (χ0v) is 21.9. The third-order valence-corrected chi connectivity index (χ3v) is 7.21. The number of imide groups is 1. The molecule has 1 aliphatic heterocycles. The average molecular weight is 577 g/mol. The Bertz CT molecular complexity index is 1250. The van der Waals surface area contributed by atoms with Crippen molar-refractivity contribution in [2.24, 2.45) is 0 Å². The summed E-state index contributed by atoms with van der Waals surface area (Å²) >= 11 is 16.6. The fourth-order valence-corrected chi connectivity index (χ4v) is 5.18. The van der Waals surface area contributed by atoms with Gasteiger partial charge in [-0.1, -0.05) is 75.5 Å². The Morgan fingerprint density at radius 3 is 2.56 bits per heavy atom. The summed E-state index contributed by atoms with van der Waals surface area (Å²) in [7, 11) is 0. The first-order valence-corrected chi connectivity index (χ1v) is 12.9. The summed E-state index contributed by atoms with van der Waals surface area (Å²) < 4.78 is 6.83. The van der Waals surface area contributed by atoms with Crippen LogP contribution in [-0.4, -0.2) is 22.6 Å². The van der Waals surface area contributed by atoms with E-state index in [1.165, 1.54) is 10.5 Å².